The number of hydrogen-bond acceptors (Lipinski definition) is 5. The first kappa shape index (κ1) is 21.8. The number of ether oxygens (including phenoxy) is 1. The quantitative estimate of drug-likeness (QED) is 0.584. The lowest BCUT2D eigenvalue weighted by Gasteiger charge is -2.24. The van der Waals surface area contributed by atoms with Crippen molar-refractivity contribution in [3.05, 3.63) is 59.7 Å². The first-order valence-electron chi connectivity index (χ1n) is 10.3. The van der Waals surface area contributed by atoms with Gasteiger partial charge in [-0.15, -0.1) is 0 Å². The summed E-state index contributed by atoms with van der Waals surface area (Å²) in [6.07, 6.45) is 0.862. The van der Waals surface area contributed by atoms with Crippen molar-refractivity contribution in [1.82, 2.24) is 5.32 Å². The van der Waals surface area contributed by atoms with Gasteiger partial charge in [0.2, 0.25) is 5.91 Å². The number of aliphatic hydroxyl groups is 1. The highest BCUT2D eigenvalue weighted by molar-refractivity contribution is 5.99. The van der Waals surface area contributed by atoms with Gasteiger partial charge >= 0.3 is 0 Å². The predicted molar refractivity (Wildman–Crippen MR) is 116 cm³/mol. The second kappa shape index (κ2) is 10.2. The number of hydrogen-bond donors (Lipinski definition) is 3. The Morgan fingerprint density at radius 3 is 2.67 bits per heavy atom. The van der Waals surface area contributed by atoms with Gasteiger partial charge in [0, 0.05) is 36.8 Å². The Morgan fingerprint density at radius 2 is 2.03 bits per heavy atom. The number of benzene rings is 2. The predicted octanol–water partition coefficient (Wildman–Crippen LogP) is 1.87. The van der Waals surface area contributed by atoms with Gasteiger partial charge in [-0.25, -0.2) is 0 Å². The van der Waals surface area contributed by atoms with Crippen LogP contribution in [0.3, 0.4) is 0 Å². The minimum Gasteiger partial charge on any atom is -0.494 e. The smallest absolute Gasteiger partial charge is 0.251 e. The second-order valence-corrected chi connectivity index (χ2v) is 7.37. The third-order valence-electron chi connectivity index (χ3n) is 5.17. The van der Waals surface area contributed by atoms with Crippen molar-refractivity contribution < 1.29 is 19.4 Å². The van der Waals surface area contributed by atoms with Gasteiger partial charge < -0.3 is 25.8 Å². The number of nitrogens with two attached hydrogens (primary N) is 1. The first-order valence-corrected chi connectivity index (χ1v) is 10.3. The molecule has 0 saturated carbocycles. The standard InChI is InChI=1S/C23H29N3O4/c1-2-30-19-13-17(12-18(14-19)26-10-6-9-22(26)28)23(29)25-20(21(27)15-24)11-16-7-4-3-5-8-16/h3-5,7-8,12-14,20-21,27H,2,6,9-11,15,24H2,1H3,(H,25,29)/t20-,21-/m0/s1. The zero-order valence-electron chi connectivity index (χ0n) is 17.2. The van der Waals surface area contributed by atoms with Crippen LogP contribution in [-0.2, 0) is 11.2 Å². The molecule has 30 heavy (non-hydrogen) atoms. The molecule has 0 radical (unpaired) electrons. The Hall–Kier alpha value is -2.90. The van der Waals surface area contributed by atoms with E-state index in [1.807, 2.05) is 37.3 Å². The van der Waals surface area contributed by atoms with Crippen LogP contribution in [-0.4, -0.2) is 48.8 Å². The minimum absolute atomic E-state index is 0.0320. The van der Waals surface area contributed by atoms with Crippen LogP contribution in [0.1, 0.15) is 35.7 Å². The summed E-state index contributed by atoms with van der Waals surface area (Å²) < 4.78 is 5.61. The van der Waals surface area contributed by atoms with Crippen molar-refractivity contribution in [2.75, 3.05) is 24.6 Å². The van der Waals surface area contributed by atoms with Crippen LogP contribution < -0.4 is 20.7 Å². The molecule has 160 valence electrons. The van der Waals surface area contributed by atoms with Crippen LogP contribution in [0.2, 0.25) is 0 Å². The average Bonchev–Trinajstić information content (AvgIpc) is 3.19. The first-order chi connectivity index (χ1) is 14.5. The lowest BCUT2D eigenvalue weighted by atomic mass is 10.0. The van der Waals surface area contributed by atoms with Crippen molar-refractivity contribution in [3.63, 3.8) is 0 Å². The fraction of sp³-hybridized carbons (Fsp3) is 0.391. The van der Waals surface area contributed by atoms with E-state index in [9.17, 15) is 14.7 Å². The van der Waals surface area contributed by atoms with Crippen molar-refractivity contribution in [2.24, 2.45) is 5.73 Å². The maximum Gasteiger partial charge on any atom is 0.251 e. The van der Waals surface area contributed by atoms with Crippen LogP contribution in [0.15, 0.2) is 48.5 Å². The Morgan fingerprint density at radius 1 is 1.27 bits per heavy atom. The molecule has 7 heteroatoms. The van der Waals surface area contributed by atoms with Crippen LogP contribution in [0.4, 0.5) is 5.69 Å². The summed E-state index contributed by atoms with van der Waals surface area (Å²) in [6.45, 7) is 2.96. The van der Waals surface area contributed by atoms with E-state index < -0.39 is 12.1 Å². The lowest BCUT2D eigenvalue weighted by Crippen LogP contribution is -2.47. The van der Waals surface area contributed by atoms with Gasteiger partial charge in [0.15, 0.2) is 0 Å². The third-order valence-corrected chi connectivity index (χ3v) is 5.17. The topological polar surface area (TPSA) is 105 Å². The van der Waals surface area contributed by atoms with E-state index in [1.165, 1.54) is 0 Å². The number of rotatable bonds is 9. The zero-order chi connectivity index (χ0) is 21.5. The third kappa shape index (κ3) is 5.37. The van der Waals surface area contributed by atoms with E-state index in [0.29, 0.717) is 43.0 Å². The SMILES string of the molecule is CCOc1cc(C(=O)N[C@@H](Cc2ccccc2)[C@@H](O)CN)cc(N2CCCC2=O)c1. The number of aliphatic hydroxyl groups excluding tert-OH is 1. The molecule has 1 aliphatic heterocycles. The summed E-state index contributed by atoms with van der Waals surface area (Å²) in [5.74, 6) is 0.215. The Labute approximate surface area is 176 Å². The molecule has 0 aliphatic carbocycles. The number of amides is 2. The van der Waals surface area contributed by atoms with E-state index in [4.69, 9.17) is 10.5 Å². The van der Waals surface area contributed by atoms with Gasteiger partial charge in [-0.05, 0) is 37.5 Å². The van der Waals surface area contributed by atoms with Crippen molar-refractivity contribution in [2.45, 2.75) is 38.3 Å². The van der Waals surface area contributed by atoms with Gasteiger partial charge in [-0.2, -0.15) is 0 Å². The molecule has 7 nitrogen and oxygen atoms in total. The molecule has 0 spiro atoms. The van der Waals surface area contributed by atoms with E-state index >= 15 is 0 Å². The molecule has 0 unspecified atom stereocenters. The lowest BCUT2D eigenvalue weighted by molar-refractivity contribution is -0.117. The van der Waals surface area contributed by atoms with Gasteiger partial charge in [-0.1, -0.05) is 30.3 Å². The maximum absolute atomic E-state index is 13.0. The molecule has 3 rings (SSSR count). The van der Waals surface area contributed by atoms with E-state index in [1.54, 1.807) is 23.1 Å². The number of anilines is 1. The highest BCUT2D eigenvalue weighted by Crippen LogP contribution is 2.28. The van der Waals surface area contributed by atoms with Crippen LogP contribution in [0, 0.1) is 0 Å². The molecule has 0 aromatic heterocycles. The number of nitrogens with one attached hydrogen (secondary N) is 1. The molecule has 1 saturated heterocycles. The summed E-state index contributed by atoms with van der Waals surface area (Å²) in [6, 6.07) is 14.2. The molecule has 1 heterocycles. The largest absolute Gasteiger partial charge is 0.494 e. The highest BCUT2D eigenvalue weighted by atomic mass is 16.5. The van der Waals surface area contributed by atoms with Crippen molar-refractivity contribution in [3.8, 4) is 5.75 Å². The summed E-state index contributed by atoms with van der Waals surface area (Å²) in [5, 5.41) is 13.3. The minimum atomic E-state index is -0.885. The average molecular weight is 412 g/mol. The van der Waals surface area contributed by atoms with Gasteiger partial charge in [0.05, 0.1) is 18.8 Å². The number of carbonyl (C=O) groups is 2. The second-order valence-electron chi connectivity index (χ2n) is 7.37. The summed E-state index contributed by atoms with van der Waals surface area (Å²) in [7, 11) is 0. The Bertz CT molecular complexity index is 872. The Kier molecular flexibility index (Phi) is 7.43. The van der Waals surface area contributed by atoms with E-state index in [-0.39, 0.29) is 18.4 Å². The number of nitrogens with zero attached hydrogens (tertiary/aromatic N) is 1. The maximum atomic E-state index is 13.0. The van der Waals surface area contributed by atoms with Crippen molar-refractivity contribution in [1.29, 1.82) is 0 Å². The van der Waals surface area contributed by atoms with Crippen molar-refractivity contribution >= 4 is 17.5 Å². The molecular weight excluding hydrogens is 382 g/mol. The molecular formula is C23H29N3O4. The molecule has 2 aromatic carbocycles. The normalized spacial score (nSPS) is 15.7. The monoisotopic (exact) mass is 411 g/mol. The molecule has 2 aromatic rings. The van der Waals surface area contributed by atoms with E-state index in [0.717, 1.165) is 12.0 Å². The number of carbonyl (C=O) groups excluding carboxylic acids is 2. The van der Waals surface area contributed by atoms with E-state index in [2.05, 4.69) is 5.32 Å². The molecule has 2 amide bonds. The molecule has 2 atom stereocenters. The van der Waals surface area contributed by atoms with Gasteiger partial charge in [0.25, 0.3) is 5.91 Å². The Balaban J connectivity index is 1.84. The summed E-state index contributed by atoms with van der Waals surface area (Å²) >= 11 is 0. The highest BCUT2D eigenvalue weighted by Gasteiger charge is 2.25. The molecule has 1 aliphatic rings. The molecule has 1 fully saturated rings. The summed E-state index contributed by atoms with van der Waals surface area (Å²) in [4.78, 5) is 26.9. The van der Waals surface area contributed by atoms with Crippen LogP contribution >= 0.6 is 0 Å². The van der Waals surface area contributed by atoms with Crippen LogP contribution in [0.5, 0.6) is 5.75 Å². The summed E-state index contributed by atoms with van der Waals surface area (Å²) in [5.41, 5.74) is 7.67. The van der Waals surface area contributed by atoms with Crippen LogP contribution in [0.25, 0.3) is 0 Å². The molecule has 4 N–H and O–H groups in total. The van der Waals surface area contributed by atoms with Gasteiger partial charge in [-0.3, -0.25) is 9.59 Å². The fourth-order valence-electron chi connectivity index (χ4n) is 3.61. The fourth-order valence-corrected chi connectivity index (χ4v) is 3.61. The zero-order valence-corrected chi connectivity index (χ0v) is 17.2. The molecule has 0 bridgehead atoms. The van der Waals surface area contributed by atoms with Gasteiger partial charge in [0.1, 0.15) is 5.75 Å².